The van der Waals surface area contributed by atoms with Crippen molar-refractivity contribution >= 4 is 17.8 Å². The summed E-state index contributed by atoms with van der Waals surface area (Å²) in [7, 11) is -3.22. The molecule has 0 saturated carbocycles. The largest absolute Gasteiger partial charge is 0.388 e. The minimum Gasteiger partial charge on any atom is -0.388 e. The van der Waals surface area contributed by atoms with Crippen molar-refractivity contribution in [3.05, 3.63) is 60.2 Å². The Bertz CT molecular complexity index is 529. The van der Waals surface area contributed by atoms with E-state index in [9.17, 15) is 18.5 Å². The number of benzene rings is 2. The van der Waals surface area contributed by atoms with Crippen molar-refractivity contribution in [2.45, 2.75) is 0 Å². The van der Waals surface area contributed by atoms with Gasteiger partial charge in [0.2, 0.25) is 0 Å². The first-order valence-electron chi connectivity index (χ1n) is 5.28. The molecule has 2 aromatic rings. The Morgan fingerprint density at radius 1 is 0.833 bits per heavy atom. The van der Waals surface area contributed by atoms with Gasteiger partial charge >= 0.3 is 0 Å². The van der Waals surface area contributed by atoms with Crippen molar-refractivity contribution in [1.29, 1.82) is 0 Å². The van der Waals surface area contributed by atoms with E-state index in [0.717, 1.165) is 0 Å². The van der Waals surface area contributed by atoms with E-state index in [4.69, 9.17) is 0 Å². The third-order valence-corrected chi connectivity index (χ3v) is 5.35. The number of rotatable bonds is 3. The Labute approximate surface area is 103 Å². The molecule has 0 bridgehead atoms. The van der Waals surface area contributed by atoms with Crippen LogP contribution in [0, 0.1) is 11.6 Å². The molecule has 0 spiro atoms. The van der Waals surface area contributed by atoms with Crippen LogP contribution in [0.4, 0.5) is 8.78 Å². The summed E-state index contributed by atoms with van der Waals surface area (Å²) >= 11 is 0. The summed E-state index contributed by atoms with van der Waals surface area (Å²) in [5.41, 5.74) is 0. The lowest BCUT2D eigenvalue weighted by atomic mass is 10.3. The monoisotopic (exact) mass is 268 g/mol. The predicted octanol–water partition coefficient (Wildman–Crippen LogP) is 2.23. The van der Waals surface area contributed by atoms with E-state index in [1.54, 1.807) is 0 Å². The Morgan fingerprint density at radius 3 is 1.44 bits per heavy atom. The fourth-order valence-electron chi connectivity index (χ4n) is 1.68. The smallest absolute Gasteiger partial charge is 0.167 e. The van der Waals surface area contributed by atoms with Crippen molar-refractivity contribution in [3.8, 4) is 0 Å². The molecule has 0 radical (unpaired) electrons. The van der Waals surface area contributed by atoms with E-state index in [0.29, 0.717) is 10.6 Å². The molecule has 5 heteroatoms. The molecule has 18 heavy (non-hydrogen) atoms. The zero-order valence-corrected chi connectivity index (χ0v) is 10.3. The second-order valence-electron chi connectivity index (χ2n) is 3.83. The summed E-state index contributed by atoms with van der Waals surface area (Å²) in [5, 5.41) is 10.1. The molecule has 0 amide bonds. The highest BCUT2D eigenvalue weighted by Crippen LogP contribution is 2.41. The molecule has 2 aromatic carbocycles. The summed E-state index contributed by atoms with van der Waals surface area (Å²) in [4.78, 5) is 0. The standard InChI is InChI=1S/C13H11F2O2P/c14-10-1-5-12(6-2-10)18(17,9-16)13-7-3-11(15)4-8-13/h1-8,16H,9H2. The second-order valence-corrected chi connectivity index (χ2v) is 6.63. The number of hydrogen-bond donors (Lipinski definition) is 1. The number of aliphatic hydroxyl groups excluding tert-OH is 1. The first-order chi connectivity index (χ1) is 8.56. The van der Waals surface area contributed by atoms with Crippen molar-refractivity contribution in [3.63, 3.8) is 0 Å². The van der Waals surface area contributed by atoms with Crippen LogP contribution in [0.3, 0.4) is 0 Å². The van der Waals surface area contributed by atoms with Gasteiger partial charge < -0.3 is 9.67 Å². The lowest BCUT2D eigenvalue weighted by Crippen LogP contribution is -2.18. The lowest BCUT2D eigenvalue weighted by molar-refractivity contribution is 0.362. The molecule has 94 valence electrons. The molecule has 2 rings (SSSR count). The molecular weight excluding hydrogens is 257 g/mol. The lowest BCUT2D eigenvalue weighted by Gasteiger charge is -2.16. The molecule has 0 aliphatic carbocycles. The van der Waals surface area contributed by atoms with Crippen LogP contribution >= 0.6 is 7.14 Å². The Kier molecular flexibility index (Phi) is 3.60. The van der Waals surface area contributed by atoms with Crippen LogP contribution in [-0.4, -0.2) is 11.5 Å². The minimum atomic E-state index is -3.22. The van der Waals surface area contributed by atoms with Gasteiger partial charge in [-0.25, -0.2) is 8.78 Å². The van der Waals surface area contributed by atoms with Crippen LogP contribution in [0.15, 0.2) is 48.5 Å². The number of hydrogen-bond acceptors (Lipinski definition) is 2. The highest BCUT2D eigenvalue weighted by molar-refractivity contribution is 7.78. The second kappa shape index (κ2) is 5.01. The number of aliphatic hydroxyl groups is 1. The molecule has 0 atom stereocenters. The van der Waals surface area contributed by atoms with Gasteiger partial charge in [-0.05, 0) is 48.5 Å². The molecule has 0 heterocycles. The molecule has 0 saturated heterocycles. The van der Waals surface area contributed by atoms with E-state index >= 15 is 0 Å². The van der Waals surface area contributed by atoms with Gasteiger partial charge in [0.25, 0.3) is 0 Å². The predicted molar refractivity (Wildman–Crippen MR) is 66.8 cm³/mol. The van der Waals surface area contributed by atoms with Gasteiger partial charge in [-0.2, -0.15) is 0 Å². The quantitative estimate of drug-likeness (QED) is 0.867. The normalized spacial score (nSPS) is 11.5. The third kappa shape index (κ3) is 2.35. The maximum Gasteiger partial charge on any atom is 0.167 e. The summed E-state index contributed by atoms with van der Waals surface area (Å²) in [6.07, 6.45) is -0.579. The Balaban J connectivity index is 2.51. The summed E-state index contributed by atoms with van der Waals surface area (Å²) in [5.74, 6) is -0.885. The van der Waals surface area contributed by atoms with Gasteiger partial charge in [-0.3, -0.25) is 0 Å². The van der Waals surface area contributed by atoms with Gasteiger partial charge in [-0.15, -0.1) is 0 Å². The van der Waals surface area contributed by atoms with Crippen LogP contribution in [0.2, 0.25) is 0 Å². The molecule has 1 N–H and O–H groups in total. The summed E-state index contributed by atoms with van der Waals surface area (Å²) in [6.45, 7) is 0. The average molecular weight is 268 g/mol. The minimum absolute atomic E-state index is 0.345. The fourth-order valence-corrected chi connectivity index (χ4v) is 3.56. The van der Waals surface area contributed by atoms with Gasteiger partial charge in [0, 0.05) is 10.6 Å². The van der Waals surface area contributed by atoms with E-state index in [2.05, 4.69) is 0 Å². The SMILES string of the molecule is O=P(CO)(c1ccc(F)cc1)c1ccc(F)cc1. The van der Waals surface area contributed by atoms with Crippen molar-refractivity contribution < 1.29 is 18.5 Å². The van der Waals surface area contributed by atoms with Gasteiger partial charge in [0.15, 0.2) is 7.14 Å². The van der Waals surface area contributed by atoms with Crippen molar-refractivity contribution in [2.24, 2.45) is 0 Å². The molecule has 0 aliphatic heterocycles. The van der Waals surface area contributed by atoms with Crippen LogP contribution in [0.25, 0.3) is 0 Å². The molecule has 2 nitrogen and oxygen atoms in total. The molecule has 0 unspecified atom stereocenters. The van der Waals surface area contributed by atoms with Crippen LogP contribution < -0.4 is 10.6 Å². The zero-order chi connectivity index (χ0) is 13.2. The van der Waals surface area contributed by atoms with Gasteiger partial charge in [0.05, 0.1) is 0 Å². The topological polar surface area (TPSA) is 37.3 Å². The van der Waals surface area contributed by atoms with Crippen LogP contribution in [-0.2, 0) is 4.57 Å². The van der Waals surface area contributed by atoms with E-state index in [1.807, 2.05) is 0 Å². The van der Waals surface area contributed by atoms with E-state index in [1.165, 1.54) is 48.5 Å². The zero-order valence-electron chi connectivity index (χ0n) is 9.38. The Morgan fingerprint density at radius 2 is 1.17 bits per heavy atom. The number of halogens is 2. The third-order valence-electron chi connectivity index (χ3n) is 2.69. The summed E-state index contributed by atoms with van der Waals surface area (Å²) < 4.78 is 38.4. The average Bonchev–Trinajstić information content (AvgIpc) is 2.39. The van der Waals surface area contributed by atoms with Crippen molar-refractivity contribution in [1.82, 2.24) is 0 Å². The summed E-state index contributed by atoms with van der Waals surface area (Å²) in [6, 6.07) is 10.2. The molecule has 0 fully saturated rings. The van der Waals surface area contributed by atoms with Crippen LogP contribution in [0.5, 0.6) is 0 Å². The van der Waals surface area contributed by atoms with Gasteiger partial charge in [-0.1, -0.05) is 0 Å². The maximum absolute atomic E-state index is 12.8. The van der Waals surface area contributed by atoms with Crippen LogP contribution in [0.1, 0.15) is 0 Å². The molecule has 0 aromatic heterocycles. The fraction of sp³-hybridized carbons (Fsp3) is 0.0769. The highest BCUT2D eigenvalue weighted by Gasteiger charge is 2.26. The highest BCUT2D eigenvalue weighted by atomic mass is 31.2. The van der Waals surface area contributed by atoms with E-state index < -0.39 is 25.1 Å². The first kappa shape index (κ1) is 12.9. The Hall–Kier alpha value is -1.51. The van der Waals surface area contributed by atoms with Gasteiger partial charge in [0.1, 0.15) is 18.0 Å². The molecular formula is C13H11F2O2P. The first-order valence-corrected chi connectivity index (χ1v) is 7.17. The molecule has 0 aliphatic rings. The maximum atomic E-state index is 12.8. The van der Waals surface area contributed by atoms with E-state index in [-0.39, 0.29) is 0 Å². The van der Waals surface area contributed by atoms with Crippen molar-refractivity contribution in [2.75, 3.05) is 6.35 Å².